The van der Waals surface area contributed by atoms with Crippen molar-refractivity contribution < 1.29 is 14.2 Å². The zero-order valence-electron chi connectivity index (χ0n) is 8.16. The van der Waals surface area contributed by atoms with E-state index in [1.165, 1.54) is 0 Å². The van der Waals surface area contributed by atoms with E-state index in [4.69, 9.17) is 25.8 Å². The van der Waals surface area contributed by atoms with Gasteiger partial charge in [-0.3, -0.25) is 0 Å². The van der Waals surface area contributed by atoms with Crippen LogP contribution in [0.3, 0.4) is 0 Å². The van der Waals surface area contributed by atoms with Crippen LogP contribution in [0.15, 0.2) is 0 Å². The highest BCUT2D eigenvalue weighted by Gasteiger charge is 2.40. The van der Waals surface area contributed by atoms with Gasteiger partial charge in [0.2, 0.25) is 0 Å². The van der Waals surface area contributed by atoms with Crippen molar-refractivity contribution in [2.24, 2.45) is 0 Å². The van der Waals surface area contributed by atoms with Crippen molar-refractivity contribution in [3.05, 3.63) is 0 Å². The minimum absolute atomic E-state index is 0.0733. The molecule has 1 aliphatic carbocycles. The lowest BCUT2D eigenvalue weighted by Gasteiger charge is -2.39. The van der Waals surface area contributed by atoms with Gasteiger partial charge >= 0.3 is 0 Å². The minimum Gasteiger partial charge on any atom is -0.385 e. The van der Waals surface area contributed by atoms with E-state index in [2.05, 4.69) is 0 Å². The summed E-state index contributed by atoms with van der Waals surface area (Å²) in [6, 6.07) is 0. The number of alkyl halides is 1. The maximum Gasteiger partial charge on any atom is 0.0997 e. The molecule has 0 aromatic rings. The Balaban J connectivity index is 2.03. The smallest absolute Gasteiger partial charge is 0.0997 e. The van der Waals surface area contributed by atoms with Crippen molar-refractivity contribution in [1.29, 1.82) is 0 Å². The maximum absolute atomic E-state index is 5.92. The zero-order valence-corrected chi connectivity index (χ0v) is 8.92. The molecular formula is C9H17ClO3. The van der Waals surface area contributed by atoms with E-state index < -0.39 is 0 Å². The van der Waals surface area contributed by atoms with E-state index >= 15 is 0 Å². The Hall–Kier alpha value is 0.170. The van der Waals surface area contributed by atoms with Gasteiger partial charge in [0.1, 0.15) is 0 Å². The molecule has 1 saturated carbocycles. The number of methoxy groups -OCH3 is 2. The van der Waals surface area contributed by atoms with Gasteiger partial charge in [0.15, 0.2) is 0 Å². The molecule has 4 heteroatoms. The first-order chi connectivity index (χ1) is 6.29. The highest BCUT2D eigenvalue weighted by molar-refractivity contribution is 6.21. The summed E-state index contributed by atoms with van der Waals surface area (Å²) in [6.07, 6.45) is 2.08. The van der Waals surface area contributed by atoms with Gasteiger partial charge in [-0.25, -0.2) is 0 Å². The highest BCUT2D eigenvalue weighted by atomic mass is 35.5. The van der Waals surface area contributed by atoms with Crippen LogP contribution in [0, 0.1) is 0 Å². The third-order valence-corrected chi connectivity index (χ3v) is 2.70. The third-order valence-electron chi connectivity index (χ3n) is 2.28. The second-order valence-corrected chi connectivity index (χ2v) is 3.77. The van der Waals surface area contributed by atoms with Gasteiger partial charge in [-0.15, -0.1) is 11.6 Å². The fourth-order valence-electron chi connectivity index (χ4n) is 1.43. The van der Waals surface area contributed by atoms with Crippen LogP contribution in [0.25, 0.3) is 0 Å². The first-order valence-corrected chi connectivity index (χ1v) is 5.00. The molecule has 0 amide bonds. The molecule has 1 rings (SSSR count). The summed E-state index contributed by atoms with van der Waals surface area (Å²) < 4.78 is 15.7. The second kappa shape index (κ2) is 5.81. The summed E-state index contributed by atoms with van der Waals surface area (Å²) in [4.78, 5) is 0. The van der Waals surface area contributed by atoms with Crippen molar-refractivity contribution in [3.8, 4) is 0 Å². The van der Waals surface area contributed by atoms with Crippen molar-refractivity contribution in [1.82, 2.24) is 0 Å². The molecule has 0 aromatic heterocycles. The van der Waals surface area contributed by atoms with E-state index in [0.29, 0.717) is 0 Å². The molecule has 0 bridgehead atoms. The summed E-state index contributed by atoms with van der Waals surface area (Å²) >= 11 is 5.92. The largest absolute Gasteiger partial charge is 0.385 e. The second-order valence-electron chi connectivity index (χ2n) is 3.21. The number of rotatable bonds is 6. The molecule has 0 N–H and O–H groups in total. The van der Waals surface area contributed by atoms with E-state index in [-0.39, 0.29) is 17.6 Å². The van der Waals surface area contributed by atoms with Crippen LogP contribution >= 0.6 is 11.6 Å². The quantitative estimate of drug-likeness (QED) is 0.488. The Bertz CT molecular complexity index is 143. The van der Waals surface area contributed by atoms with Crippen LogP contribution in [0.5, 0.6) is 0 Å². The van der Waals surface area contributed by atoms with Crippen molar-refractivity contribution in [2.75, 3.05) is 27.4 Å². The standard InChI is InChI=1S/C9H17ClO3/c1-11-4-3-5-13-8-6-7(10)9(8)12-2/h7-9H,3-6H2,1-2H3. The Morgan fingerprint density at radius 1 is 1.31 bits per heavy atom. The first kappa shape index (κ1) is 11.2. The lowest BCUT2D eigenvalue weighted by atomic mass is 9.91. The van der Waals surface area contributed by atoms with Gasteiger partial charge in [0.25, 0.3) is 0 Å². The molecule has 13 heavy (non-hydrogen) atoms. The van der Waals surface area contributed by atoms with Gasteiger partial charge in [-0.05, 0) is 12.8 Å². The summed E-state index contributed by atoms with van der Waals surface area (Å²) in [6.45, 7) is 1.47. The fourth-order valence-corrected chi connectivity index (χ4v) is 1.87. The lowest BCUT2D eigenvalue weighted by molar-refractivity contribution is -0.111. The average molecular weight is 209 g/mol. The average Bonchev–Trinajstić information content (AvgIpc) is 2.11. The Kier molecular flexibility index (Phi) is 5.02. The summed E-state index contributed by atoms with van der Waals surface area (Å²) in [5.41, 5.74) is 0. The minimum atomic E-state index is 0.0733. The third kappa shape index (κ3) is 3.09. The van der Waals surface area contributed by atoms with Crippen molar-refractivity contribution in [2.45, 2.75) is 30.4 Å². The summed E-state index contributed by atoms with van der Waals surface area (Å²) in [7, 11) is 3.36. The molecule has 78 valence electrons. The van der Waals surface area contributed by atoms with Crippen molar-refractivity contribution in [3.63, 3.8) is 0 Å². The summed E-state index contributed by atoms with van der Waals surface area (Å²) in [5.74, 6) is 0. The topological polar surface area (TPSA) is 27.7 Å². The highest BCUT2D eigenvalue weighted by Crippen LogP contribution is 2.31. The van der Waals surface area contributed by atoms with Crippen LogP contribution in [0.1, 0.15) is 12.8 Å². The SMILES string of the molecule is COCCCOC1CC(Cl)C1OC. The zero-order chi connectivity index (χ0) is 9.68. The van der Waals surface area contributed by atoms with Gasteiger partial charge in [0.05, 0.1) is 17.6 Å². The fraction of sp³-hybridized carbons (Fsp3) is 1.00. The van der Waals surface area contributed by atoms with Gasteiger partial charge in [-0.2, -0.15) is 0 Å². The summed E-state index contributed by atoms with van der Waals surface area (Å²) in [5, 5.41) is 0.123. The molecule has 1 fully saturated rings. The Morgan fingerprint density at radius 2 is 2.08 bits per heavy atom. The molecule has 0 radical (unpaired) electrons. The van der Waals surface area contributed by atoms with E-state index in [0.717, 1.165) is 26.1 Å². The molecule has 3 unspecified atom stereocenters. The molecule has 0 spiro atoms. The predicted octanol–water partition coefficient (Wildman–Crippen LogP) is 1.43. The van der Waals surface area contributed by atoms with Crippen molar-refractivity contribution >= 4 is 11.6 Å². The van der Waals surface area contributed by atoms with Crippen LogP contribution in [-0.4, -0.2) is 45.0 Å². The molecule has 0 aliphatic heterocycles. The first-order valence-electron chi connectivity index (χ1n) is 4.57. The number of hydrogen-bond acceptors (Lipinski definition) is 3. The predicted molar refractivity (Wildman–Crippen MR) is 51.3 cm³/mol. The normalized spacial score (nSPS) is 33.0. The maximum atomic E-state index is 5.92. The molecule has 1 aliphatic rings. The molecule has 3 atom stereocenters. The number of hydrogen-bond donors (Lipinski definition) is 0. The van der Waals surface area contributed by atoms with Gasteiger partial charge in [0, 0.05) is 27.4 Å². The van der Waals surface area contributed by atoms with Crippen LogP contribution in [0.4, 0.5) is 0 Å². The molecular weight excluding hydrogens is 192 g/mol. The van der Waals surface area contributed by atoms with Crippen LogP contribution in [-0.2, 0) is 14.2 Å². The van der Waals surface area contributed by atoms with Crippen LogP contribution in [0.2, 0.25) is 0 Å². The Morgan fingerprint density at radius 3 is 2.62 bits per heavy atom. The van der Waals surface area contributed by atoms with Gasteiger partial charge in [-0.1, -0.05) is 0 Å². The molecule has 0 aromatic carbocycles. The van der Waals surface area contributed by atoms with E-state index in [1.807, 2.05) is 0 Å². The molecule has 0 saturated heterocycles. The van der Waals surface area contributed by atoms with E-state index in [1.54, 1.807) is 14.2 Å². The van der Waals surface area contributed by atoms with Crippen LogP contribution < -0.4 is 0 Å². The molecule has 3 nitrogen and oxygen atoms in total. The monoisotopic (exact) mass is 208 g/mol. The van der Waals surface area contributed by atoms with Gasteiger partial charge < -0.3 is 14.2 Å². The molecule has 0 heterocycles. The lowest BCUT2D eigenvalue weighted by Crippen LogP contribution is -2.50. The van der Waals surface area contributed by atoms with E-state index in [9.17, 15) is 0 Å². The Labute approximate surface area is 84.3 Å². The number of ether oxygens (including phenoxy) is 3. The number of halogens is 1.